The van der Waals surface area contributed by atoms with Gasteiger partial charge >= 0.3 is 0 Å². The molecule has 0 aliphatic carbocycles. The number of aromatic nitrogens is 1. The van der Waals surface area contributed by atoms with Crippen LogP contribution in [0.1, 0.15) is 37.8 Å². The Morgan fingerprint density at radius 1 is 1.29 bits per heavy atom. The van der Waals surface area contributed by atoms with Crippen molar-refractivity contribution in [1.29, 1.82) is 0 Å². The van der Waals surface area contributed by atoms with Gasteiger partial charge in [0.1, 0.15) is 0 Å². The first kappa shape index (κ1) is 12.5. The van der Waals surface area contributed by atoms with E-state index in [9.17, 15) is 0 Å². The highest BCUT2D eigenvalue weighted by molar-refractivity contribution is 5.14. The first-order valence-electron chi connectivity index (χ1n) is 6.60. The Morgan fingerprint density at radius 2 is 2.06 bits per heavy atom. The lowest BCUT2D eigenvalue weighted by Gasteiger charge is -2.22. The molecule has 0 bridgehead atoms. The van der Waals surface area contributed by atoms with Crippen molar-refractivity contribution in [3.63, 3.8) is 0 Å². The molecule has 2 atom stereocenters. The van der Waals surface area contributed by atoms with Gasteiger partial charge in [-0.2, -0.15) is 0 Å². The molecule has 3 heteroatoms. The molecule has 0 amide bonds. The zero-order valence-corrected chi connectivity index (χ0v) is 10.9. The molecule has 94 valence electrons. The van der Waals surface area contributed by atoms with Crippen LogP contribution in [0.4, 0.5) is 0 Å². The van der Waals surface area contributed by atoms with Crippen molar-refractivity contribution in [2.24, 2.45) is 0 Å². The summed E-state index contributed by atoms with van der Waals surface area (Å²) in [6.45, 7) is 4.69. The molecule has 1 N–H and O–H groups in total. The predicted octanol–water partition coefficient (Wildman–Crippen LogP) is 2.22. The van der Waals surface area contributed by atoms with Crippen LogP contribution in [0.15, 0.2) is 24.5 Å². The molecule has 0 aromatic carbocycles. The third-order valence-electron chi connectivity index (χ3n) is 3.64. The van der Waals surface area contributed by atoms with E-state index in [0.29, 0.717) is 12.1 Å². The van der Waals surface area contributed by atoms with Gasteiger partial charge in [-0.15, -0.1) is 0 Å². The summed E-state index contributed by atoms with van der Waals surface area (Å²) in [5, 5.41) is 3.74. The monoisotopic (exact) mass is 233 g/mol. The SMILES string of the molecule is CC(NC1CCCN(C)CC1)c1ccncc1. The maximum absolute atomic E-state index is 4.07. The standard InChI is InChI=1S/C14H23N3/c1-12(13-5-8-15-9-6-13)16-14-4-3-10-17(2)11-7-14/h5-6,8-9,12,14,16H,3-4,7,10-11H2,1-2H3. The first-order chi connectivity index (χ1) is 8.25. The molecule has 3 nitrogen and oxygen atoms in total. The van der Waals surface area contributed by atoms with Crippen molar-refractivity contribution in [3.05, 3.63) is 30.1 Å². The highest BCUT2D eigenvalue weighted by Crippen LogP contribution is 2.16. The van der Waals surface area contributed by atoms with Gasteiger partial charge in [0.05, 0.1) is 0 Å². The molecule has 0 spiro atoms. The second-order valence-electron chi connectivity index (χ2n) is 5.10. The van der Waals surface area contributed by atoms with Gasteiger partial charge in [-0.05, 0) is 64.0 Å². The van der Waals surface area contributed by atoms with Crippen LogP contribution in [0.5, 0.6) is 0 Å². The van der Waals surface area contributed by atoms with Gasteiger partial charge in [-0.1, -0.05) is 0 Å². The minimum Gasteiger partial charge on any atom is -0.307 e. The Kier molecular flexibility index (Phi) is 4.51. The third-order valence-corrected chi connectivity index (χ3v) is 3.64. The lowest BCUT2D eigenvalue weighted by atomic mass is 10.1. The van der Waals surface area contributed by atoms with Crippen molar-refractivity contribution in [2.75, 3.05) is 20.1 Å². The van der Waals surface area contributed by atoms with Crippen LogP contribution in [0.3, 0.4) is 0 Å². The van der Waals surface area contributed by atoms with E-state index in [1.807, 2.05) is 12.4 Å². The fourth-order valence-corrected chi connectivity index (χ4v) is 2.51. The molecule has 1 fully saturated rings. The van der Waals surface area contributed by atoms with Crippen molar-refractivity contribution in [2.45, 2.75) is 38.3 Å². The van der Waals surface area contributed by atoms with E-state index in [0.717, 1.165) is 0 Å². The Hall–Kier alpha value is -0.930. The quantitative estimate of drug-likeness (QED) is 0.867. The molecular formula is C14H23N3. The maximum atomic E-state index is 4.07. The van der Waals surface area contributed by atoms with E-state index in [4.69, 9.17) is 0 Å². The lowest BCUT2D eigenvalue weighted by Crippen LogP contribution is -2.32. The lowest BCUT2D eigenvalue weighted by molar-refractivity contribution is 0.340. The number of rotatable bonds is 3. The third kappa shape index (κ3) is 3.79. The van der Waals surface area contributed by atoms with Crippen molar-refractivity contribution in [3.8, 4) is 0 Å². The van der Waals surface area contributed by atoms with Crippen LogP contribution in [0.25, 0.3) is 0 Å². The summed E-state index contributed by atoms with van der Waals surface area (Å²) in [4.78, 5) is 6.49. The molecule has 2 unspecified atom stereocenters. The number of nitrogens with zero attached hydrogens (tertiary/aromatic N) is 2. The minimum absolute atomic E-state index is 0.423. The van der Waals surface area contributed by atoms with Crippen molar-refractivity contribution >= 4 is 0 Å². The summed E-state index contributed by atoms with van der Waals surface area (Å²) in [5.41, 5.74) is 1.33. The van der Waals surface area contributed by atoms with Crippen LogP contribution in [-0.2, 0) is 0 Å². The summed E-state index contributed by atoms with van der Waals surface area (Å²) in [6.07, 6.45) is 7.59. The van der Waals surface area contributed by atoms with E-state index in [1.54, 1.807) is 0 Å². The molecule has 1 aromatic rings. The fraction of sp³-hybridized carbons (Fsp3) is 0.643. The van der Waals surface area contributed by atoms with Gasteiger partial charge in [0.25, 0.3) is 0 Å². The van der Waals surface area contributed by atoms with E-state index in [1.165, 1.54) is 37.9 Å². The van der Waals surface area contributed by atoms with Crippen LogP contribution in [0, 0.1) is 0 Å². The summed E-state index contributed by atoms with van der Waals surface area (Å²) < 4.78 is 0. The van der Waals surface area contributed by atoms with Crippen molar-refractivity contribution < 1.29 is 0 Å². The van der Waals surface area contributed by atoms with Crippen LogP contribution >= 0.6 is 0 Å². The highest BCUT2D eigenvalue weighted by atomic mass is 15.1. The van der Waals surface area contributed by atoms with Gasteiger partial charge in [0, 0.05) is 24.5 Å². The molecule has 1 aromatic heterocycles. The molecule has 2 heterocycles. The first-order valence-corrected chi connectivity index (χ1v) is 6.60. The van der Waals surface area contributed by atoms with E-state index in [2.05, 4.69) is 41.3 Å². The summed E-state index contributed by atoms with van der Waals surface area (Å²) >= 11 is 0. The van der Waals surface area contributed by atoms with Gasteiger partial charge in [0.15, 0.2) is 0 Å². The van der Waals surface area contributed by atoms with E-state index >= 15 is 0 Å². The minimum atomic E-state index is 0.423. The molecular weight excluding hydrogens is 210 g/mol. The van der Waals surface area contributed by atoms with Crippen LogP contribution in [0.2, 0.25) is 0 Å². The molecule has 2 rings (SSSR count). The molecule has 0 radical (unpaired) electrons. The number of likely N-dealkylation sites (tertiary alicyclic amines) is 1. The van der Waals surface area contributed by atoms with Gasteiger partial charge in [0.2, 0.25) is 0 Å². The zero-order valence-electron chi connectivity index (χ0n) is 10.9. The predicted molar refractivity (Wildman–Crippen MR) is 70.9 cm³/mol. The second-order valence-corrected chi connectivity index (χ2v) is 5.10. The smallest absolute Gasteiger partial charge is 0.0295 e. The average Bonchev–Trinajstić information content (AvgIpc) is 2.56. The van der Waals surface area contributed by atoms with Gasteiger partial charge in [-0.3, -0.25) is 4.98 Å². The Labute approximate surface area is 104 Å². The average molecular weight is 233 g/mol. The molecule has 0 saturated carbocycles. The van der Waals surface area contributed by atoms with Gasteiger partial charge in [-0.25, -0.2) is 0 Å². The second kappa shape index (κ2) is 6.12. The van der Waals surface area contributed by atoms with Crippen molar-refractivity contribution in [1.82, 2.24) is 15.2 Å². The summed E-state index contributed by atoms with van der Waals surface area (Å²) in [6, 6.07) is 5.27. The normalized spacial score (nSPS) is 24.2. The van der Waals surface area contributed by atoms with Gasteiger partial charge < -0.3 is 10.2 Å². The Morgan fingerprint density at radius 3 is 2.82 bits per heavy atom. The summed E-state index contributed by atoms with van der Waals surface area (Å²) in [5.74, 6) is 0. The number of hydrogen-bond donors (Lipinski definition) is 1. The molecule has 1 aliphatic heterocycles. The number of hydrogen-bond acceptors (Lipinski definition) is 3. The molecule has 1 aliphatic rings. The Bertz CT molecular complexity index is 325. The molecule has 1 saturated heterocycles. The van der Waals surface area contributed by atoms with Crippen LogP contribution in [-0.4, -0.2) is 36.1 Å². The topological polar surface area (TPSA) is 28.2 Å². The number of nitrogens with one attached hydrogen (secondary N) is 1. The largest absolute Gasteiger partial charge is 0.307 e. The summed E-state index contributed by atoms with van der Waals surface area (Å²) in [7, 11) is 2.22. The molecule has 17 heavy (non-hydrogen) atoms. The van der Waals surface area contributed by atoms with Crippen LogP contribution < -0.4 is 5.32 Å². The Balaban J connectivity index is 1.88. The van der Waals surface area contributed by atoms with E-state index in [-0.39, 0.29) is 0 Å². The number of pyridine rings is 1. The fourth-order valence-electron chi connectivity index (χ4n) is 2.51. The highest BCUT2D eigenvalue weighted by Gasteiger charge is 2.16. The van der Waals surface area contributed by atoms with E-state index < -0.39 is 0 Å². The maximum Gasteiger partial charge on any atom is 0.0295 e. The zero-order chi connectivity index (χ0) is 12.1.